The van der Waals surface area contributed by atoms with Crippen LogP contribution in [0.15, 0.2) is 18.3 Å². The van der Waals surface area contributed by atoms with Crippen molar-refractivity contribution in [3.63, 3.8) is 0 Å². The average Bonchev–Trinajstić information content (AvgIpc) is 2.39. The van der Waals surface area contributed by atoms with Gasteiger partial charge in [0.15, 0.2) is 0 Å². The lowest BCUT2D eigenvalue weighted by Gasteiger charge is -2.34. The van der Waals surface area contributed by atoms with E-state index in [1.807, 2.05) is 6.07 Å². The summed E-state index contributed by atoms with van der Waals surface area (Å²) < 4.78 is 0. The van der Waals surface area contributed by atoms with E-state index in [0.717, 1.165) is 38.5 Å². The van der Waals surface area contributed by atoms with Crippen LogP contribution >= 0.6 is 11.6 Å². The minimum absolute atomic E-state index is 0.447. The van der Waals surface area contributed by atoms with Crippen LogP contribution in [0.4, 0.5) is 5.82 Å². The van der Waals surface area contributed by atoms with Crippen LogP contribution < -0.4 is 4.90 Å². The summed E-state index contributed by atoms with van der Waals surface area (Å²) in [4.78, 5) is 19.8. The predicted molar refractivity (Wildman–Crippen MR) is 68.7 cm³/mol. The third-order valence-corrected chi connectivity index (χ3v) is 3.34. The fraction of sp³-hybridized carbons (Fsp3) is 0.500. The van der Waals surface area contributed by atoms with Crippen LogP contribution in [0.5, 0.6) is 0 Å². The summed E-state index contributed by atoms with van der Waals surface area (Å²) in [6.45, 7) is 7.36. The Labute approximate surface area is 106 Å². The van der Waals surface area contributed by atoms with Crippen LogP contribution in [0.2, 0.25) is 0 Å². The van der Waals surface area contributed by atoms with Crippen molar-refractivity contribution in [1.82, 2.24) is 9.88 Å². The minimum atomic E-state index is -0.458. The van der Waals surface area contributed by atoms with Gasteiger partial charge in [0.05, 0.1) is 5.56 Å². The van der Waals surface area contributed by atoms with Crippen molar-refractivity contribution in [1.29, 1.82) is 0 Å². The molecule has 0 amide bonds. The van der Waals surface area contributed by atoms with Crippen LogP contribution in [0.3, 0.4) is 0 Å². The topological polar surface area (TPSA) is 36.4 Å². The molecule has 1 saturated heterocycles. The molecule has 0 atom stereocenters. The molecule has 4 nitrogen and oxygen atoms in total. The lowest BCUT2D eigenvalue weighted by atomic mass is 10.2. The summed E-state index contributed by atoms with van der Waals surface area (Å²) >= 11 is 5.38. The van der Waals surface area contributed by atoms with E-state index < -0.39 is 5.24 Å². The van der Waals surface area contributed by atoms with Gasteiger partial charge in [0.1, 0.15) is 5.82 Å². The number of nitrogens with zero attached hydrogens (tertiary/aromatic N) is 3. The molecule has 0 N–H and O–H groups in total. The zero-order valence-electron chi connectivity index (χ0n) is 9.90. The van der Waals surface area contributed by atoms with Crippen molar-refractivity contribution in [2.75, 3.05) is 37.6 Å². The second-order valence-corrected chi connectivity index (χ2v) is 4.44. The van der Waals surface area contributed by atoms with E-state index in [0.29, 0.717) is 5.56 Å². The third-order valence-electron chi connectivity index (χ3n) is 3.12. The molecule has 1 aliphatic rings. The molecule has 1 fully saturated rings. The fourth-order valence-corrected chi connectivity index (χ4v) is 2.09. The highest BCUT2D eigenvalue weighted by atomic mass is 35.5. The van der Waals surface area contributed by atoms with Gasteiger partial charge in [-0.3, -0.25) is 4.79 Å². The minimum Gasteiger partial charge on any atom is -0.354 e. The fourth-order valence-electron chi connectivity index (χ4n) is 1.98. The lowest BCUT2D eigenvalue weighted by molar-refractivity contribution is 0.108. The number of pyridine rings is 1. The highest BCUT2D eigenvalue weighted by Gasteiger charge is 2.16. The van der Waals surface area contributed by atoms with Gasteiger partial charge < -0.3 is 9.80 Å². The number of anilines is 1. The van der Waals surface area contributed by atoms with E-state index in [2.05, 4.69) is 21.7 Å². The van der Waals surface area contributed by atoms with Crippen LogP contribution in [0.1, 0.15) is 17.3 Å². The molecule has 92 valence electrons. The number of carbonyl (C=O) groups is 1. The highest BCUT2D eigenvalue weighted by Crippen LogP contribution is 2.14. The van der Waals surface area contributed by atoms with Crippen molar-refractivity contribution in [2.24, 2.45) is 0 Å². The summed E-state index contributed by atoms with van der Waals surface area (Å²) in [5, 5.41) is -0.458. The largest absolute Gasteiger partial charge is 0.354 e. The number of piperazine rings is 1. The Hall–Kier alpha value is -1.13. The first-order valence-electron chi connectivity index (χ1n) is 5.84. The van der Waals surface area contributed by atoms with Crippen molar-refractivity contribution < 1.29 is 4.79 Å². The molecule has 0 bridgehead atoms. The van der Waals surface area contributed by atoms with E-state index in [1.54, 1.807) is 6.07 Å². The maximum atomic E-state index is 10.9. The van der Waals surface area contributed by atoms with Gasteiger partial charge in [0.2, 0.25) is 0 Å². The van der Waals surface area contributed by atoms with Crippen molar-refractivity contribution in [3.8, 4) is 0 Å². The monoisotopic (exact) mass is 253 g/mol. The molecule has 0 aromatic carbocycles. The van der Waals surface area contributed by atoms with Gasteiger partial charge in [-0.2, -0.15) is 0 Å². The normalized spacial score (nSPS) is 17.2. The summed E-state index contributed by atoms with van der Waals surface area (Å²) in [5.74, 6) is 0.919. The molecule has 1 aliphatic heterocycles. The molecule has 0 spiro atoms. The Morgan fingerprint density at radius 1 is 1.35 bits per heavy atom. The first kappa shape index (κ1) is 12.3. The van der Waals surface area contributed by atoms with Crippen molar-refractivity contribution >= 4 is 22.7 Å². The number of halogens is 1. The van der Waals surface area contributed by atoms with E-state index in [4.69, 9.17) is 11.6 Å². The zero-order chi connectivity index (χ0) is 12.3. The average molecular weight is 254 g/mol. The maximum absolute atomic E-state index is 10.9. The van der Waals surface area contributed by atoms with Crippen molar-refractivity contribution in [3.05, 3.63) is 23.9 Å². The van der Waals surface area contributed by atoms with Crippen molar-refractivity contribution in [2.45, 2.75) is 6.92 Å². The van der Waals surface area contributed by atoms with Crippen LogP contribution in [0, 0.1) is 0 Å². The molecule has 2 heterocycles. The summed E-state index contributed by atoms with van der Waals surface area (Å²) in [5.41, 5.74) is 0.447. The van der Waals surface area contributed by atoms with Gasteiger partial charge in [-0.05, 0) is 30.3 Å². The number of aromatic nitrogens is 1. The first-order valence-corrected chi connectivity index (χ1v) is 6.21. The number of likely N-dealkylation sites (N-methyl/N-ethyl adjacent to an activating group) is 1. The smallest absolute Gasteiger partial charge is 0.253 e. The molecule has 1 aromatic heterocycles. The molecular formula is C12H16ClN3O. The molecule has 0 aliphatic carbocycles. The van der Waals surface area contributed by atoms with Crippen LogP contribution in [0.25, 0.3) is 0 Å². The summed E-state index contributed by atoms with van der Waals surface area (Å²) in [6, 6.07) is 3.58. The summed E-state index contributed by atoms with van der Waals surface area (Å²) in [6.07, 6.45) is 1.54. The Kier molecular flexibility index (Phi) is 3.97. The molecule has 0 saturated carbocycles. The molecule has 0 radical (unpaired) electrons. The van der Waals surface area contributed by atoms with Gasteiger partial charge in [0.25, 0.3) is 5.24 Å². The van der Waals surface area contributed by atoms with Gasteiger partial charge >= 0.3 is 0 Å². The lowest BCUT2D eigenvalue weighted by Crippen LogP contribution is -2.46. The second-order valence-electron chi connectivity index (χ2n) is 4.10. The zero-order valence-corrected chi connectivity index (χ0v) is 10.7. The van der Waals surface area contributed by atoms with Crippen LogP contribution in [-0.2, 0) is 0 Å². The van der Waals surface area contributed by atoms with Gasteiger partial charge in [-0.15, -0.1) is 0 Å². The molecular weight excluding hydrogens is 238 g/mol. The standard InChI is InChI=1S/C12H16ClN3O/c1-2-15-5-7-16(8-6-15)11-4-3-10(9-14-11)12(13)17/h3-4,9H,2,5-8H2,1H3. The first-order chi connectivity index (χ1) is 8.20. The number of hydrogen-bond acceptors (Lipinski definition) is 4. The van der Waals surface area contributed by atoms with E-state index in [-0.39, 0.29) is 0 Å². The Bertz CT molecular complexity index is 385. The predicted octanol–water partition coefficient (Wildman–Crippen LogP) is 1.60. The quantitative estimate of drug-likeness (QED) is 0.767. The van der Waals surface area contributed by atoms with Gasteiger partial charge in [-0.1, -0.05) is 6.92 Å². The Morgan fingerprint density at radius 2 is 2.06 bits per heavy atom. The second kappa shape index (κ2) is 5.47. The van der Waals surface area contributed by atoms with E-state index in [1.165, 1.54) is 6.20 Å². The van der Waals surface area contributed by atoms with Gasteiger partial charge in [-0.25, -0.2) is 4.98 Å². The molecule has 1 aromatic rings. The maximum Gasteiger partial charge on any atom is 0.253 e. The number of rotatable bonds is 3. The molecule has 5 heteroatoms. The molecule has 0 unspecified atom stereocenters. The van der Waals surface area contributed by atoms with E-state index >= 15 is 0 Å². The van der Waals surface area contributed by atoms with Crippen LogP contribution in [-0.4, -0.2) is 47.9 Å². The van der Waals surface area contributed by atoms with Gasteiger partial charge in [0, 0.05) is 32.4 Å². The van der Waals surface area contributed by atoms with E-state index in [9.17, 15) is 4.79 Å². The summed E-state index contributed by atoms with van der Waals surface area (Å²) in [7, 11) is 0. The third kappa shape index (κ3) is 2.96. The number of hydrogen-bond donors (Lipinski definition) is 0. The Balaban J connectivity index is 2.01. The molecule has 2 rings (SSSR count). The Morgan fingerprint density at radius 3 is 2.53 bits per heavy atom. The number of carbonyl (C=O) groups excluding carboxylic acids is 1. The highest BCUT2D eigenvalue weighted by molar-refractivity contribution is 6.67. The molecule has 17 heavy (non-hydrogen) atoms. The SMILES string of the molecule is CCN1CCN(c2ccc(C(=O)Cl)cn2)CC1.